The van der Waals surface area contributed by atoms with Crippen molar-refractivity contribution in [2.24, 2.45) is 0 Å². The standard InChI is InChI=1S/C10H12O4.C2H6/c1-3-5-6-8(10(13)14)7(4-2)9(11)12;1-2/h4-6H,2-3H2,1H3,(H,11,12)(H,13,14);1-2H3/b6-5-,8-7-;. The summed E-state index contributed by atoms with van der Waals surface area (Å²) in [5, 5.41) is 17.4. The summed E-state index contributed by atoms with van der Waals surface area (Å²) in [7, 11) is 0. The van der Waals surface area contributed by atoms with E-state index in [4.69, 9.17) is 10.2 Å². The van der Waals surface area contributed by atoms with E-state index in [-0.39, 0.29) is 11.1 Å². The van der Waals surface area contributed by atoms with E-state index in [9.17, 15) is 9.59 Å². The van der Waals surface area contributed by atoms with Gasteiger partial charge in [0.2, 0.25) is 0 Å². The first-order valence-electron chi connectivity index (χ1n) is 5.04. The molecule has 0 saturated carbocycles. The maximum absolute atomic E-state index is 10.7. The Bertz CT molecular complexity index is 311. The Hall–Kier alpha value is -1.84. The minimum Gasteiger partial charge on any atom is -0.478 e. The second-order valence-corrected chi connectivity index (χ2v) is 2.45. The number of rotatable bonds is 5. The van der Waals surface area contributed by atoms with Gasteiger partial charge in [-0.05, 0) is 6.42 Å². The molecule has 0 heterocycles. The van der Waals surface area contributed by atoms with Crippen LogP contribution in [0, 0.1) is 0 Å². The van der Waals surface area contributed by atoms with Gasteiger partial charge < -0.3 is 10.2 Å². The van der Waals surface area contributed by atoms with E-state index in [1.54, 1.807) is 6.08 Å². The summed E-state index contributed by atoms with van der Waals surface area (Å²) in [5.74, 6) is -2.56. The molecule has 0 spiro atoms. The Morgan fingerprint density at radius 3 is 1.81 bits per heavy atom. The number of aliphatic carboxylic acids is 2. The van der Waals surface area contributed by atoms with Gasteiger partial charge in [-0.3, -0.25) is 0 Å². The van der Waals surface area contributed by atoms with Crippen molar-refractivity contribution in [3.8, 4) is 0 Å². The molecular formula is C12H18O4. The zero-order chi connectivity index (χ0) is 13.1. The second-order valence-electron chi connectivity index (χ2n) is 2.45. The van der Waals surface area contributed by atoms with E-state index in [0.29, 0.717) is 6.42 Å². The lowest BCUT2D eigenvalue weighted by Gasteiger charge is -1.99. The van der Waals surface area contributed by atoms with Gasteiger partial charge in [-0.15, -0.1) is 0 Å². The van der Waals surface area contributed by atoms with Gasteiger partial charge in [0.05, 0.1) is 11.1 Å². The SMILES string of the molecule is C=C/C(C(=O)O)=C(\C=C/CC)C(=O)O.CC. The van der Waals surface area contributed by atoms with Crippen molar-refractivity contribution < 1.29 is 19.8 Å². The highest BCUT2D eigenvalue weighted by Crippen LogP contribution is 2.09. The van der Waals surface area contributed by atoms with Crippen molar-refractivity contribution in [2.45, 2.75) is 27.2 Å². The molecular weight excluding hydrogens is 208 g/mol. The Kier molecular flexibility index (Phi) is 10.1. The Morgan fingerprint density at radius 2 is 1.56 bits per heavy atom. The number of carbonyl (C=O) groups is 2. The molecule has 0 aliphatic rings. The van der Waals surface area contributed by atoms with Crippen LogP contribution in [-0.2, 0) is 9.59 Å². The van der Waals surface area contributed by atoms with E-state index >= 15 is 0 Å². The van der Waals surface area contributed by atoms with Crippen LogP contribution in [0.4, 0.5) is 0 Å². The van der Waals surface area contributed by atoms with E-state index in [1.807, 2.05) is 20.8 Å². The quantitative estimate of drug-likeness (QED) is 0.558. The molecule has 0 aromatic rings. The third-order valence-electron chi connectivity index (χ3n) is 1.48. The topological polar surface area (TPSA) is 74.6 Å². The van der Waals surface area contributed by atoms with Crippen molar-refractivity contribution in [2.75, 3.05) is 0 Å². The highest BCUT2D eigenvalue weighted by molar-refractivity contribution is 6.02. The third kappa shape index (κ3) is 5.80. The van der Waals surface area contributed by atoms with Gasteiger partial charge >= 0.3 is 11.9 Å². The molecule has 0 aromatic heterocycles. The van der Waals surface area contributed by atoms with Crippen LogP contribution in [0.5, 0.6) is 0 Å². The van der Waals surface area contributed by atoms with Crippen LogP contribution in [0.1, 0.15) is 27.2 Å². The average molecular weight is 226 g/mol. The predicted molar refractivity (Wildman–Crippen MR) is 63.3 cm³/mol. The van der Waals surface area contributed by atoms with E-state index in [2.05, 4.69) is 6.58 Å². The molecule has 0 atom stereocenters. The molecule has 2 N–H and O–H groups in total. The van der Waals surface area contributed by atoms with E-state index in [1.165, 1.54) is 6.08 Å². The second kappa shape index (κ2) is 9.71. The lowest BCUT2D eigenvalue weighted by Crippen LogP contribution is -2.08. The summed E-state index contributed by atoms with van der Waals surface area (Å²) in [4.78, 5) is 21.3. The fourth-order valence-electron chi connectivity index (χ4n) is 0.824. The van der Waals surface area contributed by atoms with Crippen molar-refractivity contribution in [3.63, 3.8) is 0 Å². The van der Waals surface area contributed by atoms with Gasteiger partial charge in [0.1, 0.15) is 0 Å². The van der Waals surface area contributed by atoms with Gasteiger partial charge in [0, 0.05) is 0 Å². The van der Waals surface area contributed by atoms with Crippen LogP contribution in [-0.4, -0.2) is 22.2 Å². The minimum absolute atomic E-state index is 0.255. The predicted octanol–water partition coefficient (Wildman–Crippen LogP) is 2.63. The third-order valence-corrected chi connectivity index (χ3v) is 1.48. The lowest BCUT2D eigenvalue weighted by molar-refractivity contribution is -0.135. The number of carboxylic acids is 2. The van der Waals surface area contributed by atoms with Gasteiger partial charge in [-0.1, -0.05) is 45.6 Å². The van der Waals surface area contributed by atoms with Gasteiger partial charge in [0.25, 0.3) is 0 Å². The summed E-state index contributed by atoms with van der Waals surface area (Å²) in [6, 6.07) is 0. The highest BCUT2D eigenvalue weighted by Gasteiger charge is 2.14. The van der Waals surface area contributed by atoms with E-state index < -0.39 is 11.9 Å². The monoisotopic (exact) mass is 226 g/mol. The summed E-state index contributed by atoms with van der Waals surface area (Å²) >= 11 is 0. The van der Waals surface area contributed by atoms with Gasteiger partial charge in [-0.2, -0.15) is 0 Å². The fraction of sp³-hybridized carbons (Fsp3) is 0.333. The number of hydrogen-bond acceptors (Lipinski definition) is 2. The molecule has 16 heavy (non-hydrogen) atoms. The molecule has 0 aliphatic carbocycles. The molecule has 0 fully saturated rings. The van der Waals surface area contributed by atoms with Crippen molar-refractivity contribution >= 4 is 11.9 Å². The zero-order valence-corrected chi connectivity index (χ0v) is 9.86. The highest BCUT2D eigenvalue weighted by atomic mass is 16.4. The number of hydrogen-bond donors (Lipinski definition) is 2. The molecule has 0 unspecified atom stereocenters. The molecule has 90 valence electrons. The van der Waals surface area contributed by atoms with Crippen molar-refractivity contribution in [1.29, 1.82) is 0 Å². The summed E-state index contributed by atoms with van der Waals surface area (Å²) < 4.78 is 0. The van der Waals surface area contributed by atoms with Crippen LogP contribution in [0.2, 0.25) is 0 Å². The lowest BCUT2D eigenvalue weighted by atomic mass is 10.1. The summed E-state index contributed by atoms with van der Waals surface area (Å²) in [6.07, 6.45) is 4.51. The summed E-state index contributed by atoms with van der Waals surface area (Å²) in [5.41, 5.74) is -0.559. The number of carboxylic acid groups (broad SMARTS) is 2. The first-order chi connectivity index (χ1) is 7.54. The molecule has 4 nitrogen and oxygen atoms in total. The first kappa shape index (κ1) is 16.6. The van der Waals surface area contributed by atoms with Gasteiger partial charge in [-0.25, -0.2) is 9.59 Å². The van der Waals surface area contributed by atoms with E-state index in [0.717, 1.165) is 6.08 Å². The minimum atomic E-state index is -1.29. The Labute approximate surface area is 95.6 Å². The van der Waals surface area contributed by atoms with Gasteiger partial charge in [0.15, 0.2) is 0 Å². The van der Waals surface area contributed by atoms with Crippen LogP contribution < -0.4 is 0 Å². The first-order valence-corrected chi connectivity index (χ1v) is 5.04. The van der Waals surface area contributed by atoms with Crippen LogP contribution in [0.15, 0.2) is 36.0 Å². The zero-order valence-electron chi connectivity index (χ0n) is 9.86. The molecule has 4 heteroatoms. The van der Waals surface area contributed by atoms with Crippen LogP contribution >= 0.6 is 0 Å². The molecule has 0 amide bonds. The molecule has 0 aromatic carbocycles. The average Bonchev–Trinajstić information content (AvgIpc) is 2.25. The fourth-order valence-corrected chi connectivity index (χ4v) is 0.824. The number of allylic oxidation sites excluding steroid dienone is 1. The normalized spacial score (nSPS) is 11.2. The largest absolute Gasteiger partial charge is 0.478 e. The van der Waals surface area contributed by atoms with Crippen LogP contribution in [0.3, 0.4) is 0 Å². The molecule has 0 aliphatic heterocycles. The van der Waals surface area contributed by atoms with Crippen molar-refractivity contribution in [3.05, 3.63) is 36.0 Å². The molecule has 0 saturated heterocycles. The Morgan fingerprint density at radius 1 is 1.12 bits per heavy atom. The maximum Gasteiger partial charge on any atom is 0.336 e. The smallest absolute Gasteiger partial charge is 0.336 e. The summed E-state index contributed by atoms with van der Waals surface area (Å²) in [6.45, 7) is 9.08. The Balaban J connectivity index is 0. The van der Waals surface area contributed by atoms with Crippen LogP contribution in [0.25, 0.3) is 0 Å². The molecule has 0 bridgehead atoms. The molecule has 0 radical (unpaired) electrons. The maximum atomic E-state index is 10.7. The molecule has 0 rings (SSSR count). The van der Waals surface area contributed by atoms with Crippen molar-refractivity contribution in [1.82, 2.24) is 0 Å².